The molecule has 1 aromatic heterocycles. The summed E-state index contributed by atoms with van der Waals surface area (Å²) >= 11 is 0.812. The van der Waals surface area contributed by atoms with Crippen molar-refractivity contribution >= 4 is 29.0 Å². The zero-order chi connectivity index (χ0) is 22.0. The van der Waals surface area contributed by atoms with Crippen molar-refractivity contribution in [3.8, 4) is 11.3 Å². The molecule has 4 rings (SSSR count). The molecule has 0 N–H and O–H groups in total. The molecule has 1 fully saturated rings. The molecule has 2 heterocycles. The summed E-state index contributed by atoms with van der Waals surface area (Å²) in [5.74, 6) is 0.101. The van der Waals surface area contributed by atoms with Gasteiger partial charge in [-0.25, -0.2) is 0 Å². The Morgan fingerprint density at radius 2 is 1.74 bits per heavy atom. The van der Waals surface area contributed by atoms with Gasteiger partial charge in [0.05, 0.1) is 10.5 Å². The average molecular weight is 443 g/mol. The summed E-state index contributed by atoms with van der Waals surface area (Å²) in [5.41, 5.74) is 0.509. The average Bonchev–Trinajstić information content (AvgIpc) is 3.32. The minimum absolute atomic E-state index is 0.211. The second-order valence-electron chi connectivity index (χ2n) is 6.85. The van der Waals surface area contributed by atoms with Gasteiger partial charge in [-0.1, -0.05) is 42.5 Å². The van der Waals surface area contributed by atoms with Crippen molar-refractivity contribution < 1.29 is 27.2 Å². The lowest BCUT2D eigenvalue weighted by Crippen LogP contribution is -2.30. The minimum Gasteiger partial charge on any atom is -0.457 e. The van der Waals surface area contributed by atoms with Crippen molar-refractivity contribution in [2.75, 3.05) is 6.54 Å². The zero-order valence-electron chi connectivity index (χ0n) is 16.1. The van der Waals surface area contributed by atoms with Gasteiger partial charge in [0, 0.05) is 18.2 Å². The van der Waals surface area contributed by atoms with Gasteiger partial charge in [-0.05, 0) is 48.0 Å². The lowest BCUT2D eigenvalue weighted by atomic mass is 10.1. The molecule has 1 aliphatic rings. The van der Waals surface area contributed by atoms with E-state index in [9.17, 15) is 22.8 Å². The van der Waals surface area contributed by atoms with Crippen LogP contribution in [0.15, 0.2) is 76.1 Å². The van der Waals surface area contributed by atoms with Gasteiger partial charge in [0.15, 0.2) is 0 Å². The first-order valence-corrected chi connectivity index (χ1v) is 10.2. The number of carbonyl (C=O) groups excluding carboxylic acids is 2. The van der Waals surface area contributed by atoms with Crippen molar-refractivity contribution in [2.45, 2.75) is 12.6 Å². The third-order valence-corrected chi connectivity index (χ3v) is 5.62. The summed E-state index contributed by atoms with van der Waals surface area (Å²) in [6, 6.07) is 17.4. The number of rotatable bonds is 5. The quantitative estimate of drug-likeness (QED) is 0.438. The smallest absolute Gasteiger partial charge is 0.416 e. The molecule has 1 aliphatic heterocycles. The van der Waals surface area contributed by atoms with Crippen LogP contribution >= 0.6 is 11.8 Å². The van der Waals surface area contributed by atoms with Crippen LogP contribution in [-0.2, 0) is 17.4 Å². The molecule has 8 heteroatoms. The first-order chi connectivity index (χ1) is 14.8. The predicted octanol–water partition coefficient (Wildman–Crippen LogP) is 6.24. The van der Waals surface area contributed by atoms with E-state index in [1.54, 1.807) is 6.07 Å². The summed E-state index contributed by atoms with van der Waals surface area (Å²) in [6.07, 6.45) is -2.47. The van der Waals surface area contributed by atoms with Crippen LogP contribution in [0.5, 0.6) is 0 Å². The van der Waals surface area contributed by atoms with Gasteiger partial charge in [-0.3, -0.25) is 14.5 Å². The van der Waals surface area contributed by atoms with Gasteiger partial charge in [0.25, 0.3) is 11.1 Å². The third kappa shape index (κ3) is 4.74. The fourth-order valence-electron chi connectivity index (χ4n) is 3.14. The van der Waals surface area contributed by atoms with E-state index in [-0.39, 0.29) is 33.8 Å². The Hall–Kier alpha value is -3.26. The van der Waals surface area contributed by atoms with E-state index in [0.29, 0.717) is 6.42 Å². The summed E-state index contributed by atoms with van der Waals surface area (Å²) in [7, 11) is 0. The fourth-order valence-corrected chi connectivity index (χ4v) is 3.99. The van der Waals surface area contributed by atoms with E-state index < -0.39 is 17.6 Å². The van der Waals surface area contributed by atoms with E-state index in [1.165, 1.54) is 29.2 Å². The first kappa shape index (κ1) is 21.0. The maximum Gasteiger partial charge on any atom is 0.416 e. The SMILES string of the molecule is O=C1S/C(=C\c2ccc(-c3cccc(C(F)(F)F)c3)o2)C(=O)N1CCc1ccccc1. The molecule has 0 radical (unpaired) electrons. The standard InChI is InChI=1S/C23H16F3NO3S/c24-23(25,26)17-8-4-7-16(13-17)19-10-9-18(30-19)14-20-21(28)27(22(29)31-20)12-11-15-5-2-1-3-6-15/h1-10,13-14H,11-12H2/b20-14-. The van der Waals surface area contributed by atoms with Crippen LogP contribution in [0, 0.1) is 0 Å². The number of alkyl halides is 3. The number of hydrogen-bond donors (Lipinski definition) is 0. The maximum absolute atomic E-state index is 12.9. The van der Waals surface area contributed by atoms with Crippen molar-refractivity contribution in [3.63, 3.8) is 0 Å². The number of imide groups is 1. The highest BCUT2D eigenvalue weighted by Gasteiger charge is 2.35. The fraction of sp³-hybridized carbons (Fsp3) is 0.130. The molecule has 31 heavy (non-hydrogen) atoms. The predicted molar refractivity (Wildman–Crippen MR) is 112 cm³/mol. The van der Waals surface area contributed by atoms with E-state index in [4.69, 9.17) is 4.42 Å². The normalized spacial score (nSPS) is 15.8. The molecule has 0 bridgehead atoms. The lowest BCUT2D eigenvalue weighted by molar-refractivity contribution is -0.137. The molecule has 1 saturated heterocycles. The van der Waals surface area contributed by atoms with Crippen molar-refractivity contribution in [2.24, 2.45) is 0 Å². The van der Waals surface area contributed by atoms with Crippen LogP contribution in [0.2, 0.25) is 0 Å². The second kappa shape index (κ2) is 8.47. The number of halogens is 3. The largest absolute Gasteiger partial charge is 0.457 e. The Morgan fingerprint density at radius 3 is 2.48 bits per heavy atom. The molecule has 2 aromatic carbocycles. The number of hydrogen-bond acceptors (Lipinski definition) is 4. The van der Waals surface area contributed by atoms with Gasteiger partial charge < -0.3 is 4.42 Å². The van der Waals surface area contributed by atoms with Gasteiger partial charge >= 0.3 is 6.18 Å². The number of thioether (sulfide) groups is 1. The molecule has 0 atom stereocenters. The van der Waals surface area contributed by atoms with Crippen molar-refractivity contribution in [3.05, 3.63) is 88.5 Å². The number of nitrogens with zero attached hydrogens (tertiary/aromatic N) is 1. The first-order valence-electron chi connectivity index (χ1n) is 9.38. The zero-order valence-corrected chi connectivity index (χ0v) is 16.9. The summed E-state index contributed by atoms with van der Waals surface area (Å²) in [5, 5.41) is -0.364. The van der Waals surface area contributed by atoms with Crippen LogP contribution < -0.4 is 0 Å². The van der Waals surface area contributed by atoms with E-state index in [2.05, 4.69) is 0 Å². The molecule has 0 spiro atoms. The van der Waals surface area contributed by atoms with Crippen LogP contribution in [0.1, 0.15) is 16.9 Å². The van der Waals surface area contributed by atoms with Crippen LogP contribution in [0.25, 0.3) is 17.4 Å². The van der Waals surface area contributed by atoms with Crippen LogP contribution in [0.4, 0.5) is 18.0 Å². The number of furan rings is 1. The molecule has 0 saturated carbocycles. The Morgan fingerprint density at radius 1 is 0.968 bits per heavy atom. The second-order valence-corrected chi connectivity index (χ2v) is 7.84. The molecular formula is C23H16F3NO3S. The van der Waals surface area contributed by atoms with Crippen LogP contribution in [0.3, 0.4) is 0 Å². The Bertz CT molecular complexity index is 1150. The van der Waals surface area contributed by atoms with Crippen LogP contribution in [-0.4, -0.2) is 22.6 Å². The molecule has 0 unspecified atom stereocenters. The number of carbonyl (C=O) groups is 2. The van der Waals surface area contributed by atoms with Crippen molar-refractivity contribution in [1.82, 2.24) is 4.90 Å². The summed E-state index contributed by atoms with van der Waals surface area (Å²) in [4.78, 5) is 26.3. The Kier molecular flexibility index (Phi) is 5.73. The van der Waals surface area contributed by atoms with Gasteiger partial charge in [0.1, 0.15) is 11.5 Å². The summed E-state index contributed by atoms with van der Waals surface area (Å²) < 4.78 is 44.4. The molecule has 3 aromatic rings. The molecule has 158 valence electrons. The highest BCUT2D eigenvalue weighted by Crippen LogP contribution is 2.35. The highest BCUT2D eigenvalue weighted by atomic mass is 32.2. The van der Waals surface area contributed by atoms with Crippen molar-refractivity contribution in [1.29, 1.82) is 0 Å². The monoisotopic (exact) mass is 443 g/mol. The topological polar surface area (TPSA) is 50.5 Å². The number of benzene rings is 2. The third-order valence-electron chi connectivity index (χ3n) is 4.72. The summed E-state index contributed by atoms with van der Waals surface area (Å²) in [6.45, 7) is 0.264. The van der Waals surface area contributed by atoms with E-state index in [1.807, 2.05) is 30.3 Å². The number of amides is 2. The Balaban J connectivity index is 1.49. The Labute approximate surface area is 180 Å². The molecular weight excluding hydrogens is 427 g/mol. The van der Waals surface area contributed by atoms with Gasteiger partial charge in [-0.2, -0.15) is 13.2 Å². The van der Waals surface area contributed by atoms with E-state index in [0.717, 1.165) is 29.5 Å². The van der Waals surface area contributed by atoms with Gasteiger partial charge in [-0.15, -0.1) is 0 Å². The maximum atomic E-state index is 12.9. The molecule has 4 nitrogen and oxygen atoms in total. The van der Waals surface area contributed by atoms with E-state index >= 15 is 0 Å². The molecule has 2 amide bonds. The van der Waals surface area contributed by atoms with Gasteiger partial charge in [0.2, 0.25) is 0 Å². The lowest BCUT2D eigenvalue weighted by Gasteiger charge is -2.11. The highest BCUT2D eigenvalue weighted by molar-refractivity contribution is 8.18. The minimum atomic E-state index is -4.45. The molecule has 0 aliphatic carbocycles.